The maximum atomic E-state index is 12.4. The SMILES string of the molecule is O=C(N[C@@H](Oc1ccc([N+](=O)[O-])cc1)C(Cl)(Cl)Cl)c1ccccc1Br. The summed E-state index contributed by atoms with van der Waals surface area (Å²) in [5.41, 5.74) is 0.212. The van der Waals surface area contributed by atoms with Crippen molar-refractivity contribution in [3.05, 3.63) is 68.7 Å². The highest BCUT2D eigenvalue weighted by atomic mass is 79.9. The largest absolute Gasteiger partial charge is 0.466 e. The molecule has 0 spiro atoms. The number of non-ortho nitro benzene ring substituents is 1. The van der Waals surface area contributed by atoms with E-state index in [-0.39, 0.29) is 11.4 Å². The molecule has 132 valence electrons. The highest BCUT2D eigenvalue weighted by Crippen LogP contribution is 2.32. The van der Waals surface area contributed by atoms with Crippen molar-refractivity contribution in [2.75, 3.05) is 0 Å². The van der Waals surface area contributed by atoms with Gasteiger partial charge in [-0.2, -0.15) is 0 Å². The number of amides is 1. The summed E-state index contributed by atoms with van der Waals surface area (Å²) in [7, 11) is 0. The molecule has 0 aliphatic heterocycles. The van der Waals surface area contributed by atoms with Crippen molar-refractivity contribution in [1.29, 1.82) is 0 Å². The maximum Gasteiger partial charge on any atom is 0.269 e. The predicted molar refractivity (Wildman–Crippen MR) is 99.4 cm³/mol. The molecule has 1 N–H and O–H groups in total. The zero-order valence-electron chi connectivity index (χ0n) is 12.3. The van der Waals surface area contributed by atoms with E-state index in [4.69, 9.17) is 39.5 Å². The average molecular weight is 469 g/mol. The predicted octanol–water partition coefficient (Wildman–Crippen LogP) is 4.86. The Morgan fingerprint density at radius 3 is 2.28 bits per heavy atom. The number of nitrogens with one attached hydrogen (secondary N) is 1. The summed E-state index contributed by atoms with van der Waals surface area (Å²) in [5.74, 6) is -0.333. The Morgan fingerprint density at radius 2 is 1.76 bits per heavy atom. The van der Waals surface area contributed by atoms with Gasteiger partial charge >= 0.3 is 0 Å². The van der Waals surface area contributed by atoms with Crippen LogP contribution in [-0.4, -0.2) is 20.9 Å². The number of hydrogen-bond acceptors (Lipinski definition) is 4. The fraction of sp³-hybridized carbons (Fsp3) is 0.133. The number of benzene rings is 2. The first-order valence-electron chi connectivity index (χ1n) is 6.71. The molecule has 0 saturated heterocycles. The van der Waals surface area contributed by atoms with Crippen LogP contribution in [0.4, 0.5) is 5.69 Å². The Kier molecular flexibility index (Phi) is 6.51. The van der Waals surface area contributed by atoms with Crippen molar-refractivity contribution in [3.63, 3.8) is 0 Å². The van der Waals surface area contributed by atoms with Gasteiger partial charge in [0.1, 0.15) is 5.75 Å². The van der Waals surface area contributed by atoms with E-state index in [1.807, 2.05) is 0 Å². The minimum absolute atomic E-state index is 0.116. The van der Waals surface area contributed by atoms with Gasteiger partial charge < -0.3 is 10.1 Å². The first-order chi connectivity index (χ1) is 11.7. The van der Waals surface area contributed by atoms with Gasteiger partial charge in [0.25, 0.3) is 11.6 Å². The third kappa shape index (κ3) is 5.47. The molecule has 2 aromatic rings. The summed E-state index contributed by atoms with van der Waals surface area (Å²) in [5, 5.41) is 13.1. The quantitative estimate of drug-likeness (QED) is 0.294. The molecule has 0 aliphatic rings. The molecular formula is C15H10BrCl3N2O4. The number of hydrogen-bond donors (Lipinski definition) is 1. The molecule has 25 heavy (non-hydrogen) atoms. The monoisotopic (exact) mass is 466 g/mol. The highest BCUT2D eigenvalue weighted by molar-refractivity contribution is 9.10. The number of carbonyl (C=O) groups excluding carboxylic acids is 1. The Bertz CT molecular complexity index is 781. The van der Waals surface area contributed by atoms with Gasteiger partial charge in [0, 0.05) is 16.6 Å². The van der Waals surface area contributed by atoms with Crippen LogP contribution in [0.1, 0.15) is 10.4 Å². The number of halogens is 4. The van der Waals surface area contributed by atoms with Crippen molar-refractivity contribution in [1.82, 2.24) is 5.32 Å². The molecule has 0 aliphatic carbocycles. The van der Waals surface area contributed by atoms with Gasteiger partial charge in [-0.1, -0.05) is 46.9 Å². The van der Waals surface area contributed by atoms with Crippen LogP contribution in [0, 0.1) is 10.1 Å². The van der Waals surface area contributed by atoms with Gasteiger partial charge in [0.2, 0.25) is 10.0 Å². The summed E-state index contributed by atoms with van der Waals surface area (Å²) in [6.07, 6.45) is -1.32. The molecule has 2 rings (SSSR count). The number of rotatable bonds is 5. The minimum Gasteiger partial charge on any atom is -0.466 e. The van der Waals surface area contributed by atoms with Crippen molar-refractivity contribution in [2.24, 2.45) is 0 Å². The van der Waals surface area contributed by atoms with E-state index in [0.29, 0.717) is 10.0 Å². The normalized spacial score (nSPS) is 12.3. The van der Waals surface area contributed by atoms with Gasteiger partial charge in [-0.15, -0.1) is 0 Å². The lowest BCUT2D eigenvalue weighted by Crippen LogP contribution is -2.47. The van der Waals surface area contributed by atoms with E-state index in [2.05, 4.69) is 21.2 Å². The molecule has 10 heteroatoms. The second-order valence-corrected chi connectivity index (χ2v) is 7.97. The standard InChI is InChI=1S/C15H10BrCl3N2O4/c16-12-4-2-1-3-11(12)13(22)20-14(15(17,18)19)25-10-7-5-9(6-8-10)21(23)24/h1-8,14H,(H,20,22)/t14-/m0/s1. The van der Waals surface area contributed by atoms with Crippen LogP contribution in [0.25, 0.3) is 0 Å². The van der Waals surface area contributed by atoms with E-state index in [9.17, 15) is 14.9 Å². The summed E-state index contributed by atoms with van der Waals surface area (Å²) >= 11 is 20.9. The summed E-state index contributed by atoms with van der Waals surface area (Å²) in [6, 6.07) is 11.9. The second kappa shape index (κ2) is 8.23. The lowest BCUT2D eigenvalue weighted by atomic mass is 10.2. The lowest BCUT2D eigenvalue weighted by molar-refractivity contribution is -0.384. The fourth-order valence-electron chi connectivity index (χ4n) is 1.80. The zero-order valence-corrected chi connectivity index (χ0v) is 16.1. The number of carbonyl (C=O) groups is 1. The van der Waals surface area contributed by atoms with Crippen LogP contribution in [0.2, 0.25) is 0 Å². The van der Waals surface area contributed by atoms with E-state index in [1.165, 1.54) is 24.3 Å². The van der Waals surface area contributed by atoms with Crippen LogP contribution in [-0.2, 0) is 0 Å². The number of nitro groups is 1. The first kappa shape index (κ1) is 19.8. The number of alkyl halides is 3. The first-order valence-corrected chi connectivity index (χ1v) is 8.64. The number of nitro benzene ring substituents is 1. The molecule has 0 fully saturated rings. The molecule has 1 atom stereocenters. The minimum atomic E-state index is -1.97. The van der Waals surface area contributed by atoms with E-state index in [0.717, 1.165) is 0 Å². The van der Waals surface area contributed by atoms with Gasteiger partial charge in [-0.25, -0.2) is 0 Å². The summed E-state index contributed by atoms with van der Waals surface area (Å²) < 4.78 is 4.07. The molecule has 6 nitrogen and oxygen atoms in total. The Labute approximate surface area is 166 Å². The number of nitrogens with zero attached hydrogens (tertiary/aromatic N) is 1. The molecule has 2 aromatic carbocycles. The van der Waals surface area contributed by atoms with E-state index < -0.39 is 20.9 Å². The van der Waals surface area contributed by atoms with E-state index >= 15 is 0 Å². The molecule has 0 radical (unpaired) electrons. The lowest BCUT2D eigenvalue weighted by Gasteiger charge is -2.26. The van der Waals surface area contributed by atoms with Crippen molar-refractivity contribution < 1.29 is 14.5 Å². The molecule has 0 heterocycles. The third-order valence-electron chi connectivity index (χ3n) is 2.98. The Hall–Kier alpha value is -1.54. The second-order valence-electron chi connectivity index (χ2n) is 4.74. The fourth-order valence-corrected chi connectivity index (χ4v) is 2.56. The highest BCUT2D eigenvalue weighted by Gasteiger charge is 2.36. The molecule has 0 aromatic heterocycles. The maximum absolute atomic E-state index is 12.4. The molecule has 1 amide bonds. The number of ether oxygens (including phenoxy) is 1. The van der Waals surface area contributed by atoms with E-state index in [1.54, 1.807) is 24.3 Å². The summed E-state index contributed by atoms with van der Waals surface area (Å²) in [4.78, 5) is 22.5. The Balaban J connectivity index is 2.18. The summed E-state index contributed by atoms with van der Waals surface area (Å²) in [6.45, 7) is 0. The van der Waals surface area contributed by atoms with Crippen LogP contribution in [0.5, 0.6) is 5.75 Å². The molecule has 0 bridgehead atoms. The van der Waals surface area contributed by atoms with Crippen molar-refractivity contribution in [2.45, 2.75) is 10.0 Å². The topological polar surface area (TPSA) is 81.5 Å². The van der Waals surface area contributed by atoms with Crippen molar-refractivity contribution >= 4 is 62.3 Å². The van der Waals surface area contributed by atoms with Gasteiger partial charge in [-0.3, -0.25) is 14.9 Å². The smallest absolute Gasteiger partial charge is 0.269 e. The Morgan fingerprint density at radius 1 is 1.16 bits per heavy atom. The zero-order chi connectivity index (χ0) is 18.6. The third-order valence-corrected chi connectivity index (χ3v) is 4.27. The van der Waals surface area contributed by atoms with Crippen LogP contribution in [0.3, 0.4) is 0 Å². The molecular weight excluding hydrogens is 458 g/mol. The van der Waals surface area contributed by atoms with Crippen LogP contribution < -0.4 is 10.1 Å². The average Bonchev–Trinajstić information content (AvgIpc) is 2.54. The van der Waals surface area contributed by atoms with Gasteiger partial charge in [0.05, 0.1) is 10.5 Å². The molecule has 0 unspecified atom stereocenters. The van der Waals surface area contributed by atoms with Gasteiger partial charge in [0.15, 0.2) is 0 Å². The van der Waals surface area contributed by atoms with Crippen LogP contribution in [0.15, 0.2) is 53.0 Å². The van der Waals surface area contributed by atoms with Crippen LogP contribution >= 0.6 is 50.7 Å². The molecule has 0 saturated carbocycles. The van der Waals surface area contributed by atoms with Crippen molar-refractivity contribution in [3.8, 4) is 5.75 Å². The van der Waals surface area contributed by atoms with Gasteiger partial charge in [-0.05, 0) is 40.2 Å².